The third-order valence-corrected chi connectivity index (χ3v) is 3.92. The van der Waals surface area contributed by atoms with Crippen molar-refractivity contribution in [1.29, 1.82) is 0 Å². The van der Waals surface area contributed by atoms with Crippen molar-refractivity contribution < 1.29 is 13.9 Å². The second kappa shape index (κ2) is 6.81. The SMILES string of the molecule is Cc1ccc(OCC(=O)Nc2ccc3c(C)cc(=O)oc3c2)c(C)c1. The van der Waals surface area contributed by atoms with Gasteiger partial charge in [0.15, 0.2) is 6.61 Å². The third kappa shape index (κ3) is 3.88. The van der Waals surface area contributed by atoms with Crippen LogP contribution in [-0.4, -0.2) is 12.5 Å². The van der Waals surface area contributed by atoms with Gasteiger partial charge in [0.2, 0.25) is 0 Å². The van der Waals surface area contributed by atoms with Crippen molar-refractivity contribution in [2.75, 3.05) is 11.9 Å². The van der Waals surface area contributed by atoms with Gasteiger partial charge >= 0.3 is 5.63 Å². The number of amides is 1. The van der Waals surface area contributed by atoms with Gasteiger partial charge in [-0.15, -0.1) is 0 Å². The largest absolute Gasteiger partial charge is 0.483 e. The molecule has 0 bridgehead atoms. The molecule has 1 N–H and O–H groups in total. The van der Waals surface area contributed by atoms with Crippen molar-refractivity contribution in [3.63, 3.8) is 0 Å². The highest BCUT2D eigenvalue weighted by molar-refractivity contribution is 5.94. The minimum atomic E-state index is -0.411. The van der Waals surface area contributed by atoms with Gasteiger partial charge in [-0.25, -0.2) is 4.79 Å². The van der Waals surface area contributed by atoms with E-state index in [0.29, 0.717) is 17.0 Å². The summed E-state index contributed by atoms with van der Waals surface area (Å²) in [6, 6.07) is 12.5. The summed E-state index contributed by atoms with van der Waals surface area (Å²) in [6.45, 7) is 5.69. The summed E-state index contributed by atoms with van der Waals surface area (Å²) in [6.07, 6.45) is 0. The lowest BCUT2D eigenvalue weighted by Gasteiger charge is -2.10. The molecule has 0 radical (unpaired) electrons. The predicted molar refractivity (Wildman–Crippen MR) is 97.3 cm³/mol. The van der Waals surface area contributed by atoms with E-state index in [1.54, 1.807) is 12.1 Å². The van der Waals surface area contributed by atoms with Crippen LogP contribution < -0.4 is 15.7 Å². The number of rotatable bonds is 4. The first-order chi connectivity index (χ1) is 11.9. The van der Waals surface area contributed by atoms with Crippen LogP contribution in [0.15, 0.2) is 51.7 Å². The molecule has 1 amide bonds. The van der Waals surface area contributed by atoms with E-state index in [9.17, 15) is 9.59 Å². The van der Waals surface area contributed by atoms with Crippen LogP contribution in [-0.2, 0) is 4.79 Å². The van der Waals surface area contributed by atoms with Gasteiger partial charge in [0.25, 0.3) is 5.91 Å². The van der Waals surface area contributed by atoms with Gasteiger partial charge < -0.3 is 14.5 Å². The molecule has 128 valence electrons. The molecule has 0 aliphatic heterocycles. The smallest absolute Gasteiger partial charge is 0.336 e. The first-order valence-corrected chi connectivity index (χ1v) is 7.97. The van der Waals surface area contributed by atoms with E-state index in [1.165, 1.54) is 6.07 Å². The number of ether oxygens (including phenoxy) is 1. The fraction of sp³-hybridized carbons (Fsp3) is 0.200. The van der Waals surface area contributed by atoms with Crippen LogP contribution in [0, 0.1) is 20.8 Å². The van der Waals surface area contributed by atoms with Crippen LogP contribution in [0.2, 0.25) is 0 Å². The molecular weight excluding hydrogens is 318 g/mol. The number of hydrogen-bond acceptors (Lipinski definition) is 4. The number of carbonyl (C=O) groups excluding carboxylic acids is 1. The summed E-state index contributed by atoms with van der Waals surface area (Å²) >= 11 is 0. The summed E-state index contributed by atoms with van der Waals surface area (Å²) in [7, 11) is 0. The van der Waals surface area contributed by atoms with Gasteiger partial charge in [0.1, 0.15) is 11.3 Å². The van der Waals surface area contributed by atoms with E-state index in [2.05, 4.69) is 5.32 Å². The van der Waals surface area contributed by atoms with Gasteiger partial charge in [-0.05, 0) is 50.1 Å². The van der Waals surface area contributed by atoms with Crippen molar-refractivity contribution in [2.24, 2.45) is 0 Å². The van der Waals surface area contributed by atoms with Crippen molar-refractivity contribution in [1.82, 2.24) is 0 Å². The lowest BCUT2D eigenvalue weighted by atomic mass is 10.1. The number of hydrogen-bond donors (Lipinski definition) is 1. The molecule has 0 aliphatic rings. The molecular formula is C20H19NO4. The van der Waals surface area contributed by atoms with Crippen LogP contribution in [0.4, 0.5) is 5.69 Å². The highest BCUT2D eigenvalue weighted by Crippen LogP contribution is 2.21. The van der Waals surface area contributed by atoms with E-state index in [0.717, 1.165) is 22.1 Å². The second-order valence-corrected chi connectivity index (χ2v) is 6.07. The molecule has 0 saturated carbocycles. The highest BCUT2D eigenvalue weighted by atomic mass is 16.5. The molecule has 2 aromatic carbocycles. The van der Waals surface area contributed by atoms with Crippen molar-refractivity contribution in [3.05, 3.63) is 69.6 Å². The Morgan fingerprint density at radius 1 is 1.04 bits per heavy atom. The summed E-state index contributed by atoms with van der Waals surface area (Å²) in [5, 5.41) is 3.59. The van der Waals surface area contributed by atoms with E-state index in [-0.39, 0.29) is 12.5 Å². The van der Waals surface area contributed by atoms with E-state index < -0.39 is 5.63 Å². The molecule has 3 aromatic rings. The Bertz CT molecular complexity index is 1000. The lowest BCUT2D eigenvalue weighted by Crippen LogP contribution is -2.20. The fourth-order valence-corrected chi connectivity index (χ4v) is 2.70. The fourth-order valence-electron chi connectivity index (χ4n) is 2.70. The van der Waals surface area contributed by atoms with Crippen LogP contribution in [0.5, 0.6) is 5.75 Å². The first kappa shape index (κ1) is 16.8. The molecule has 0 saturated heterocycles. The minimum absolute atomic E-state index is 0.0975. The zero-order valence-electron chi connectivity index (χ0n) is 14.4. The molecule has 3 rings (SSSR count). The Morgan fingerprint density at radius 3 is 2.60 bits per heavy atom. The Labute approximate surface area is 145 Å². The van der Waals surface area contributed by atoms with Crippen LogP contribution in [0.1, 0.15) is 16.7 Å². The van der Waals surface area contributed by atoms with Crippen molar-refractivity contribution in [3.8, 4) is 5.75 Å². The number of carbonyl (C=O) groups is 1. The molecule has 0 atom stereocenters. The van der Waals surface area contributed by atoms with Gasteiger partial charge in [-0.2, -0.15) is 0 Å². The topological polar surface area (TPSA) is 68.5 Å². The average Bonchev–Trinajstić information content (AvgIpc) is 2.53. The monoisotopic (exact) mass is 337 g/mol. The summed E-state index contributed by atoms with van der Waals surface area (Å²) in [4.78, 5) is 23.6. The van der Waals surface area contributed by atoms with Crippen molar-refractivity contribution >= 4 is 22.6 Å². The average molecular weight is 337 g/mol. The summed E-state index contributed by atoms with van der Waals surface area (Å²) in [5.74, 6) is 0.398. The maximum atomic E-state index is 12.1. The number of fused-ring (bicyclic) bond motifs is 1. The second-order valence-electron chi connectivity index (χ2n) is 6.07. The van der Waals surface area contributed by atoms with E-state index in [4.69, 9.17) is 9.15 Å². The van der Waals surface area contributed by atoms with E-state index >= 15 is 0 Å². The van der Waals surface area contributed by atoms with Gasteiger partial charge in [0, 0.05) is 23.2 Å². The molecule has 5 nitrogen and oxygen atoms in total. The molecule has 5 heteroatoms. The number of benzene rings is 2. The van der Waals surface area contributed by atoms with Crippen LogP contribution >= 0.6 is 0 Å². The zero-order valence-corrected chi connectivity index (χ0v) is 14.4. The first-order valence-electron chi connectivity index (χ1n) is 7.97. The Hall–Kier alpha value is -3.08. The summed E-state index contributed by atoms with van der Waals surface area (Å²) in [5.41, 5.74) is 3.54. The number of nitrogens with one attached hydrogen (secondary N) is 1. The van der Waals surface area contributed by atoms with Gasteiger partial charge in [-0.3, -0.25) is 4.79 Å². The van der Waals surface area contributed by atoms with E-state index in [1.807, 2.05) is 45.0 Å². The lowest BCUT2D eigenvalue weighted by molar-refractivity contribution is -0.118. The maximum Gasteiger partial charge on any atom is 0.336 e. The Balaban J connectivity index is 1.70. The molecule has 25 heavy (non-hydrogen) atoms. The third-order valence-electron chi connectivity index (χ3n) is 3.92. The number of aryl methyl sites for hydroxylation is 3. The number of anilines is 1. The van der Waals surface area contributed by atoms with Gasteiger partial charge in [0.05, 0.1) is 0 Å². The Kier molecular flexibility index (Phi) is 4.57. The van der Waals surface area contributed by atoms with Gasteiger partial charge in [-0.1, -0.05) is 17.7 Å². The van der Waals surface area contributed by atoms with Crippen molar-refractivity contribution in [2.45, 2.75) is 20.8 Å². The minimum Gasteiger partial charge on any atom is -0.483 e. The molecule has 0 fully saturated rings. The Morgan fingerprint density at radius 2 is 1.84 bits per heavy atom. The molecule has 1 heterocycles. The summed E-state index contributed by atoms with van der Waals surface area (Å²) < 4.78 is 10.7. The normalized spacial score (nSPS) is 10.7. The zero-order chi connectivity index (χ0) is 18.0. The molecule has 0 aliphatic carbocycles. The quantitative estimate of drug-likeness (QED) is 0.737. The maximum absolute atomic E-state index is 12.1. The molecule has 0 spiro atoms. The van der Waals surface area contributed by atoms with Crippen LogP contribution in [0.3, 0.4) is 0 Å². The molecule has 0 unspecified atom stereocenters. The molecule has 1 aromatic heterocycles. The predicted octanol–water partition coefficient (Wildman–Crippen LogP) is 3.74. The highest BCUT2D eigenvalue weighted by Gasteiger charge is 2.08. The standard InChI is InChI=1S/C20H19NO4/c1-12-4-7-17(14(3)8-12)24-11-19(22)21-15-5-6-16-13(2)9-20(23)25-18(16)10-15/h4-10H,11H2,1-3H3,(H,21,22). The van der Waals surface area contributed by atoms with Crippen LogP contribution in [0.25, 0.3) is 11.0 Å².